The quantitative estimate of drug-likeness (QED) is 0.133. The Labute approximate surface area is 223 Å². The van der Waals surface area contributed by atoms with Gasteiger partial charge < -0.3 is 4.74 Å². The standard InChI is InChI=1S/C14F26O5/c15-3(9(25,26)27,44-13(37,38)7(21,22)5(17,18)11(31,32)33)1(41)43-2(42)4(16,10(28,29)30)45-14(39,40)8(23,24)6(19,20)12(34,35)36. The number of carbonyl (C=O) groups is 2. The molecule has 0 radical (unpaired) electrons. The Morgan fingerprint density at radius 3 is 0.667 bits per heavy atom. The summed E-state index contributed by atoms with van der Waals surface area (Å²) in [5, 5.41) is 0. The van der Waals surface area contributed by atoms with E-state index in [1.54, 1.807) is 4.74 Å². The second kappa shape index (κ2) is 10.9. The van der Waals surface area contributed by atoms with Crippen LogP contribution in [0.1, 0.15) is 0 Å². The van der Waals surface area contributed by atoms with Crippen molar-refractivity contribution >= 4 is 11.9 Å². The van der Waals surface area contributed by atoms with E-state index in [1.807, 2.05) is 0 Å². The largest absolute Gasteiger partial charge is 0.460 e. The smallest absolute Gasteiger partial charge is 0.384 e. The SMILES string of the molecule is O=C(OC(=O)C(F)(OC(F)(F)C(F)(F)C(F)(F)C(F)(F)F)C(F)(F)F)C(F)(OC(F)(F)C(F)(F)C(F)(F)C(F)(F)F)C(F)(F)F. The molecule has 0 N–H and O–H groups in total. The van der Waals surface area contributed by atoms with Crippen LogP contribution in [-0.2, 0) is 23.8 Å². The number of ether oxygens (including phenoxy) is 3. The summed E-state index contributed by atoms with van der Waals surface area (Å²) >= 11 is 0. The van der Waals surface area contributed by atoms with Crippen LogP contribution in [0.5, 0.6) is 0 Å². The van der Waals surface area contributed by atoms with E-state index in [0.29, 0.717) is 0 Å². The van der Waals surface area contributed by atoms with E-state index in [1.165, 1.54) is 9.47 Å². The number of hydrogen-bond donors (Lipinski definition) is 0. The number of hydrogen-bond acceptors (Lipinski definition) is 5. The molecule has 0 saturated carbocycles. The van der Waals surface area contributed by atoms with Gasteiger partial charge in [-0.2, -0.15) is 114 Å². The molecule has 0 aliphatic carbocycles. The van der Waals surface area contributed by atoms with Gasteiger partial charge in [-0.25, -0.2) is 9.59 Å². The van der Waals surface area contributed by atoms with Crippen molar-refractivity contribution in [1.82, 2.24) is 0 Å². The predicted octanol–water partition coefficient (Wildman–Crippen LogP) is 7.40. The fraction of sp³-hybridized carbons (Fsp3) is 0.857. The topological polar surface area (TPSA) is 61.8 Å². The van der Waals surface area contributed by atoms with Crippen LogP contribution in [0.3, 0.4) is 0 Å². The van der Waals surface area contributed by atoms with E-state index in [0.717, 1.165) is 0 Å². The van der Waals surface area contributed by atoms with Crippen molar-refractivity contribution in [3.05, 3.63) is 0 Å². The zero-order valence-electron chi connectivity index (χ0n) is 18.9. The monoisotopic (exact) mass is 742 g/mol. The average molecular weight is 742 g/mol. The first-order chi connectivity index (χ1) is 19.0. The lowest BCUT2D eigenvalue weighted by atomic mass is 10.1. The number of esters is 2. The van der Waals surface area contributed by atoms with Crippen LogP contribution in [-0.4, -0.2) is 84.3 Å². The van der Waals surface area contributed by atoms with Gasteiger partial charge in [0.15, 0.2) is 0 Å². The number of carbonyl (C=O) groups excluding carboxylic acids is 2. The Hall–Kier alpha value is -2.76. The fourth-order valence-electron chi connectivity index (χ4n) is 1.85. The van der Waals surface area contributed by atoms with E-state index >= 15 is 0 Å². The first kappa shape index (κ1) is 42.2. The summed E-state index contributed by atoms with van der Waals surface area (Å²) in [5.74, 6) is -60.3. The summed E-state index contributed by atoms with van der Waals surface area (Å²) in [6.45, 7) is 0. The van der Waals surface area contributed by atoms with Crippen molar-refractivity contribution in [3.8, 4) is 0 Å². The third-order valence-electron chi connectivity index (χ3n) is 4.21. The normalized spacial score (nSPS) is 18.3. The fourth-order valence-corrected chi connectivity index (χ4v) is 1.85. The van der Waals surface area contributed by atoms with Gasteiger partial charge in [0.05, 0.1) is 0 Å². The summed E-state index contributed by atoms with van der Waals surface area (Å²) < 4.78 is 338. The first-order valence-corrected chi connectivity index (χ1v) is 9.05. The van der Waals surface area contributed by atoms with Gasteiger partial charge in [-0.3, -0.25) is 9.47 Å². The molecule has 5 nitrogen and oxygen atoms in total. The highest BCUT2D eigenvalue weighted by Crippen LogP contribution is 2.57. The molecule has 0 rings (SSSR count). The van der Waals surface area contributed by atoms with Crippen LogP contribution < -0.4 is 0 Å². The molecule has 31 heteroatoms. The average Bonchev–Trinajstić information content (AvgIpc) is 2.74. The zero-order chi connectivity index (χ0) is 37.3. The van der Waals surface area contributed by atoms with Gasteiger partial charge in [-0.05, 0) is 0 Å². The molecule has 0 spiro atoms. The Morgan fingerprint density at radius 2 is 0.511 bits per heavy atom. The molecule has 268 valence electrons. The highest BCUT2D eigenvalue weighted by Gasteiger charge is 2.87. The second-order valence-corrected chi connectivity index (χ2v) is 7.39. The maximum absolute atomic E-state index is 14.0. The Bertz CT molecular complexity index is 1030. The molecular weight excluding hydrogens is 742 g/mol. The van der Waals surface area contributed by atoms with Crippen LogP contribution in [0.2, 0.25) is 0 Å². The van der Waals surface area contributed by atoms with Gasteiger partial charge in [0.1, 0.15) is 0 Å². The van der Waals surface area contributed by atoms with Crippen molar-refractivity contribution in [2.45, 2.75) is 72.3 Å². The molecule has 0 fully saturated rings. The molecule has 0 heterocycles. The molecule has 0 amide bonds. The first-order valence-electron chi connectivity index (χ1n) is 9.05. The molecule has 0 aromatic rings. The van der Waals surface area contributed by atoms with Gasteiger partial charge in [0.25, 0.3) is 0 Å². The van der Waals surface area contributed by atoms with Crippen LogP contribution in [0.15, 0.2) is 0 Å². The molecule has 0 aromatic heterocycles. The highest BCUT2D eigenvalue weighted by atomic mass is 19.4. The van der Waals surface area contributed by atoms with E-state index in [-0.39, 0.29) is 0 Å². The van der Waals surface area contributed by atoms with Crippen LogP contribution in [0, 0.1) is 0 Å². The number of alkyl halides is 26. The third kappa shape index (κ3) is 6.72. The second-order valence-electron chi connectivity index (χ2n) is 7.39. The van der Waals surface area contributed by atoms with E-state index < -0.39 is 84.3 Å². The highest BCUT2D eigenvalue weighted by molar-refractivity contribution is 5.93. The van der Waals surface area contributed by atoms with Crippen molar-refractivity contribution < 1.29 is 138 Å². The summed E-state index contributed by atoms with van der Waals surface area (Å²) in [6, 6.07) is 0. The molecule has 0 saturated heterocycles. The minimum Gasteiger partial charge on any atom is -0.384 e. The lowest BCUT2D eigenvalue weighted by Crippen LogP contribution is -2.67. The lowest BCUT2D eigenvalue weighted by molar-refractivity contribution is -0.486. The molecule has 0 aliphatic rings. The maximum atomic E-state index is 14.0. The van der Waals surface area contributed by atoms with Gasteiger partial charge >= 0.3 is 84.3 Å². The molecule has 2 atom stereocenters. The van der Waals surface area contributed by atoms with Crippen molar-refractivity contribution in [1.29, 1.82) is 0 Å². The van der Waals surface area contributed by atoms with E-state index in [2.05, 4.69) is 0 Å². The number of rotatable bonds is 10. The summed E-state index contributed by atoms with van der Waals surface area (Å²) in [6.07, 6.45) is -48.9. The van der Waals surface area contributed by atoms with Crippen molar-refractivity contribution in [2.75, 3.05) is 0 Å². The minimum atomic E-state index is -8.51. The predicted molar refractivity (Wildman–Crippen MR) is 74.8 cm³/mol. The Balaban J connectivity index is 6.96. The summed E-state index contributed by atoms with van der Waals surface area (Å²) in [7, 11) is 0. The zero-order valence-corrected chi connectivity index (χ0v) is 18.9. The van der Waals surface area contributed by atoms with Gasteiger partial charge in [0, 0.05) is 0 Å². The van der Waals surface area contributed by atoms with Gasteiger partial charge in [-0.15, -0.1) is 0 Å². The van der Waals surface area contributed by atoms with Crippen molar-refractivity contribution in [3.63, 3.8) is 0 Å². The van der Waals surface area contributed by atoms with Crippen LogP contribution in [0.4, 0.5) is 114 Å². The van der Waals surface area contributed by atoms with Crippen LogP contribution in [0.25, 0.3) is 0 Å². The third-order valence-corrected chi connectivity index (χ3v) is 4.21. The van der Waals surface area contributed by atoms with E-state index in [9.17, 15) is 124 Å². The Kier molecular flexibility index (Phi) is 10.2. The number of halogens is 26. The molecular formula is C14F26O5. The molecule has 0 aliphatic heterocycles. The summed E-state index contributed by atoms with van der Waals surface area (Å²) in [5.41, 5.74) is 0. The van der Waals surface area contributed by atoms with Crippen LogP contribution >= 0.6 is 0 Å². The van der Waals surface area contributed by atoms with Gasteiger partial charge in [0.2, 0.25) is 0 Å². The lowest BCUT2D eigenvalue weighted by Gasteiger charge is -2.37. The maximum Gasteiger partial charge on any atom is 0.460 e. The molecule has 2 unspecified atom stereocenters. The molecule has 0 aromatic carbocycles. The minimum absolute atomic E-state index is 1.22. The molecule has 45 heavy (non-hydrogen) atoms. The molecule has 0 bridgehead atoms. The van der Waals surface area contributed by atoms with E-state index in [4.69, 9.17) is 0 Å². The van der Waals surface area contributed by atoms with Crippen molar-refractivity contribution in [2.24, 2.45) is 0 Å². The summed E-state index contributed by atoms with van der Waals surface area (Å²) in [4.78, 5) is 22.3. The van der Waals surface area contributed by atoms with Gasteiger partial charge in [-0.1, -0.05) is 0 Å². The Morgan fingerprint density at radius 1 is 0.311 bits per heavy atom.